The highest BCUT2D eigenvalue weighted by Crippen LogP contribution is 2.21. The van der Waals surface area contributed by atoms with Crippen molar-refractivity contribution < 1.29 is 5.11 Å². The first kappa shape index (κ1) is 13.8. The second-order valence-corrected chi connectivity index (χ2v) is 5.51. The molecule has 0 spiro atoms. The number of aliphatic hydroxyl groups is 1. The Kier molecular flexibility index (Phi) is 4.04. The molecular weight excluding hydrogens is 240 g/mol. The van der Waals surface area contributed by atoms with Gasteiger partial charge in [0.15, 0.2) is 5.82 Å². The zero-order chi connectivity index (χ0) is 14.0. The minimum absolute atomic E-state index is 0.00361. The van der Waals surface area contributed by atoms with Crippen LogP contribution in [0.15, 0.2) is 18.5 Å². The molecule has 2 rings (SSSR count). The van der Waals surface area contributed by atoms with Gasteiger partial charge in [0.25, 0.3) is 0 Å². The van der Waals surface area contributed by atoms with Crippen molar-refractivity contribution in [2.75, 3.05) is 11.9 Å². The summed E-state index contributed by atoms with van der Waals surface area (Å²) in [5, 5.41) is 17.2. The van der Waals surface area contributed by atoms with Crippen molar-refractivity contribution in [3.8, 4) is 0 Å². The molecule has 5 heteroatoms. The number of fused-ring (bicyclic) bond motifs is 1. The summed E-state index contributed by atoms with van der Waals surface area (Å²) < 4.78 is 1.83. The van der Waals surface area contributed by atoms with Crippen LogP contribution in [0.4, 0.5) is 5.82 Å². The summed E-state index contributed by atoms with van der Waals surface area (Å²) in [6.07, 6.45) is 3.57. The average Bonchev–Trinajstić information content (AvgIpc) is 2.80. The first-order valence-electron chi connectivity index (χ1n) is 6.74. The Morgan fingerprint density at radius 2 is 2.05 bits per heavy atom. The molecule has 2 heterocycles. The fraction of sp³-hybridized carbons (Fsp3) is 0.571. The SMILES string of the molecule is CC(C)c1cc2c(NC(CO)C(C)C)nccn2n1. The van der Waals surface area contributed by atoms with Gasteiger partial charge in [0.2, 0.25) is 0 Å². The number of hydrogen-bond acceptors (Lipinski definition) is 4. The highest BCUT2D eigenvalue weighted by Gasteiger charge is 2.15. The second kappa shape index (κ2) is 5.57. The Balaban J connectivity index is 2.37. The van der Waals surface area contributed by atoms with Crippen molar-refractivity contribution in [2.24, 2.45) is 5.92 Å². The molecular formula is C14H22N4O. The van der Waals surface area contributed by atoms with E-state index < -0.39 is 0 Å². The molecule has 0 fully saturated rings. The minimum atomic E-state index is -0.00361. The van der Waals surface area contributed by atoms with Gasteiger partial charge in [0.05, 0.1) is 18.3 Å². The van der Waals surface area contributed by atoms with Crippen molar-refractivity contribution in [2.45, 2.75) is 39.7 Å². The number of hydrogen-bond donors (Lipinski definition) is 2. The van der Waals surface area contributed by atoms with Crippen LogP contribution in [0.1, 0.15) is 39.3 Å². The molecule has 0 radical (unpaired) electrons. The fourth-order valence-electron chi connectivity index (χ4n) is 1.93. The molecule has 0 amide bonds. The third kappa shape index (κ3) is 2.87. The Labute approximate surface area is 113 Å². The van der Waals surface area contributed by atoms with Gasteiger partial charge in [0, 0.05) is 12.4 Å². The predicted molar refractivity (Wildman–Crippen MR) is 76.4 cm³/mol. The van der Waals surface area contributed by atoms with Gasteiger partial charge in [-0.15, -0.1) is 0 Å². The maximum atomic E-state index is 9.41. The van der Waals surface area contributed by atoms with E-state index in [1.54, 1.807) is 6.20 Å². The van der Waals surface area contributed by atoms with Crippen LogP contribution in [0.2, 0.25) is 0 Å². The summed E-state index contributed by atoms with van der Waals surface area (Å²) in [5.74, 6) is 1.49. The van der Waals surface area contributed by atoms with Crippen LogP contribution in [-0.2, 0) is 0 Å². The van der Waals surface area contributed by atoms with Crippen molar-refractivity contribution in [3.63, 3.8) is 0 Å². The zero-order valence-corrected chi connectivity index (χ0v) is 12.0. The van der Waals surface area contributed by atoms with E-state index in [1.165, 1.54) is 0 Å². The standard InChI is InChI=1S/C14H22N4O/c1-9(2)11-7-13-14(15-5-6-18(13)17-11)16-12(8-19)10(3)4/h5-7,9-10,12,19H,8H2,1-4H3,(H,15,16). The summed E-state index contributed by atoms with van der Waals surface area (Å²) >= 11 is 0. The van der Waals surface area contributed by atoms with Gasteiger partial charge in [-0.25, -0.2) is 9.50 Å². The van der Waals surface area contributed by atoms with Crippen LogP contribution >= 0.6 is 0 Å². The Bertz CT molecular complexity index is 547. The van der Waals surface area contributed by atoms with Gasteiger partial charge in [-0.3, -0.25) is 0 Å². The zero-order valence-electron chi connectivity index (χ0n) is 12.0. The molecule has 0 aliphatic carbocycles. The van der Waals surface area contributed by atoms with Crippen LogP contribution in [0.3, 0.4) is 0 Å². The molecule has 2 aromatic rings. The quantitative estimate of drug-likeness (QED) is 0.867. The average molecular weight is 262 g/mol. The van der Waals surface area contributed by atoms with Crippen molar-refractivity contribution in [3.05, 3.63) is 24.2 Å². The van der Waals surface area contributed by atoms with E-state index in [-0.39, 0.29) is 12.6 Å². The number of nitrogens with one attached hydrogen (secondary N) is 1. The van der Waals surface area contributed by atoms with E-state index in [4.69, 9.17) is 0 Å². The van der Waals surface area contributed by atoms with Gasteiger partial charge in [-0.05, 0) is 17.9 Å². The third-order valence-electron chi connectivity index (χ3n) is 3.32. The van der Waals surface area contributed by atoms with E-state index in [0.29, 0.717) is 11.8 Å². The number of nitrogens with zero attached hydrogens (tertiary/aromatic N) is 3. The van der Waals surface area contributed by atoms with Crippen molar-refractivity contribution in [1.29, 1.82) is 0 Å². The fourth-order valence-corrected chi connectivity index (χ4v) is 1.93. The smallest absolute Gasteiger partial charge is 0.152 e. The molecule has 0 aromatic carbocycles. The topological polar surface area (TPSA) is 62.5 Å². The van der Waals surface area contributed by atoms with Gasteiger partial charge in [0.1, 0.15) is 5.52 Å². The summed E-state index contributed by atoms with van der Waals surface area (Å²) in [7, 11) is 0. The molecule has 0 saturated carbocycles. The number of aromatic nitrogens is 3. The third-order valence-corrected chi connectivity index (χ3v) is 3.32. The maximum Gasteiger partial charge on any atom is 0.152 e. The lowest BCUT2D eigenvalue weighted by atomic mass is 10.1. The second-order valence-electron chi connectivity index (χ2n) is 5.51. The molecule has 0 aliphatic heterocycles. The molecule has 19 heavy (non-hydrogen) atoms. The first-order valence-corrected chi connectivity index (χ1v) is 6.74. The normalized spacial score (nSPS) is 13.4. The van der Waals surface area contributed by atoms with Gasteiger partial charge < -0.3 is 10.4 Å². The Morgan fingerprint density at radius 3 is 2.63 bits per heavy atom. The van der Waals surface area contributed by atoms with Crippen LogP contribution in [0.25, 0.3) is 5.52 Å². The highest BCUT2D eigenvalue weighted by atomic mass is 16.3. The van der Waals surface area contributed by atoms with Gasteiger partial charge in [-0.2, -0.15) is 5.10 Å². The van der Waals surface area contributed by atoms with E-state index in [9.17, 15) is 5.11 Å². The van der Waals surface area contributed by atoms with E-state index in [0.717, 1.165) is 17.0 Å². The van der Waals surface area contributed by atoms with E-state index >= 15 is 0 Å². The molecule has 1 unspecified atom stereocenters. The van der Waals surface area contributed by atoms with Gasteiger partial charge >= 0.3 is 0 Å². The summed E-state index contributed by atoms with van der Waals surface area (Å²) in [4.78, 5) is 4.37. The summed E-state index contributed by atoms with van der Waals surface area (Å²) in [5.41, 5.74) is 1.99. The minimum Gasteiger partial charge on any atom is -0.394 e. The molecule has 0 bridgehead atoms. The lowest BCUT2D eigenvalue weighted by molar-refractivity contribution is 0.249. The maximum absolute atomic E-state index is 9.41. The lowest BCUT2D eigenvalue weighted by Crippen LogP contribution is -2.30. The van der Waals surface area contributed by atoms with Crippen LogP contribution in [-0.4, -0.2) is 32.4 Å². The first-order chi connectivity index (χ1) is 9.02. The van der Waals surface area contributed by atoms with Crippen LogP contribution in [0.5, 0.6) is 0 Å². The molecule has 5 nitrogen and oxygen atoms in total. The van der Waals surface area contributed by atoms with Gasteiger partial charge in [-0.1, -0.05) is 27.7 Å². The highest BCUT2D eigenvalue weighted by molar-refractivity contribution is 5.68. The van der Waals surface area contributed by atoms with E-state index in [1.807, 2.05) is 10.7 Å². The Hall–Kier alpha value is -1.62. The monoisotopic (exact) mass is 262 g/mol. The summed E-state index contributed by atoms with van der Waals surface area (Å²) in [6.45, 7) is 8.47. The molecule has 2 N–H and O–H groups in total. The van der Waals surface area contributed by atoms with E-state index in [2.05, 4.69) is 49.2 Å². The van der Waals surface area contributed by atoms with Crippen molar-refractivity contribution >= 4 is 11.3 Å². The molecule has 1 atom stereocenters. The summed E-state index contributed by atoms with van der Waals surface area (Å²) in [6, 6.07) is 2.05. The molecule has 104 valence electrons. The Morgan fingerprint density at radius 1 is 1.32 bits per heavy atom. The largest absolute Gasteiger partial charge is 0.394 e. The number of rotatable bonds is 5. The molecule has 0 aliphatic rings. The van der Waals surface area contributed by atoms with Crippen molar-refractivity contribution in [1.82, 2.24) is 14.6 Å². The van der Waals surface area contributed by atoms with Crippen LogP contribution < -0.4 is 5.32 Å². The molecule has 0 saturated heterocycles. The molecule has 2 aromatic heterocycles. The lowest BCUT2D eigenvalue weighted by Gasteiger charge is -2.20. The number of aliphatic hydroxyl groups excluding tert-OH is 1. The number of anilines is 1. The van der Waals surface area contributed by atoms with Crippen LogP contribution in [0, 0.1) is 5.92 Å². The predicted octanol–water partition coefficient (Wildman–Crippen LogP) is 2.28.